The molecule has 0 aliphatic rings. The largest absolute Gasteiger partial charge is 0.385 e. The number of aliphatic hydroxyl groups is 1. The van der Waals surface area contributed by atoms with Crippen LogP contribution in [0.4, 0.5) is 0 Å². The first-order valence-electron chi connectivity index (χ1n) is 12.4. The number of hydrogen-bond acceptors (Lipinski definition) is 3. The number of hydrogen-bond donors (Lipinski definition) is 1. The van der Waals surface area contributed by atoms with Gasteiger partial charge in [-0.05, 0) is 67.3 Å². The third kappa shape index (κ3) is 7.80. The van der Waals surface area contributed by atoms with Crippen molar-refractivity contribution in [2.45, 2.75) is 58.0 Å². The molecule has 0 amide bonds. The maximum Gasteiger partial charge on any atom is 0.0977 e. The minimum absolute atomic E-state index is 0.570. The second-order valence-electron chi connectivity index (χ2n) is 9.59. The number of rotatable bonds is 13. The molecule has 0 spiro atoms. The summed E-state index contributed by atoms with van der Waals surface area (Å²) in [5.74, 6) is 0. The zero-order valence-electron chi connectivity index (χ0n) is 21.3. The van der Waals surface area contributed by atoms with Gasteiger partial charge in [0.25, 0.3) is 0 Å². The van der Waals surface area contributed by atoms with Gasteiger partial charge in [-0.15, -0.1) is 0 Å². The van der Waals surface area contributed by atoms with Gasteiger partial charge in [-0.1, -0.05) is 77.9 Å². The van der Waals surface area contributed by atoms with E-state index in [0.29, 0.717) is 12.8 Å². The van der Waals surface area contributed by atoms with E-state index in [4.69, 9.17) is 9.47 Å². The molecule has 0 atom stereocenters. The molecular weight excluding hydrogens is 420 g/mol. The van der Waals surface area contributed by atoms with E-state index in [1.165, 1.54) is 22.3 Å². The van der Waals surface area contributed by atoms with Gasteiger partial charge in [0.05, 0.1) is 5.60 Å². The second-order valence-corrected chi connectivity index (χ2v) is 9.59. The number of benzene rings is 3. The Morgan fingerprint density at radius 2 is 1.03 bits per heavy atom. The van der Waals surface area contributed by atoms with E-state index in [0.717, 1.165) is 55.6 Å². The van der Waals surface area contributed by atoms with Crippen LogP contribution in [0.2, 0.25) is 0 Å². The second kappa shape index (κ2) is 12.9. The fourth-order valence-electron chi connectivity index (χ4n) is 4.52. The first-order valence-corrected chi connectivity index (χ1v) is 12.4. The minimum atomic E-state index is -1.00. The highest BCUT2D eigenvalue weighted by Crippen LogP contribution is 2.32. The molecule has 0 radical (unpaired) electrons. The lowest BCUT2D eigenvalue weighted by Crippen LogP contribution is -2.32. The summed E-state index contributed by atoms with van der Waals surface area (Å²) in [4.78, 5) is 0. The lowest BCUT2D eigenvalue weighted by molar-refractivity contribution is 0.0369. The van der Waals surface area contributed by atoms with E-state index < -0.39 is 5.60 Å². The molecule has 34 heavy (non-hydrogen) atoms. The molecule has 0 fully saturated rings. The van der Waals surface area contributed by atoms with Crippen LogP contribution in [-0.4, -0.2) is 32.5 Å². The van der Waals surface area contributed by atoms with Gasteiger partial charge in [0, 0.05) is 40.3 Å². The van der Waals surface area contributed by atoms with Crippen molar-refractivity contribution in [3.63, 3.8) is 0 Å². The van der Waals surface area contributed by atoms with Crippen LogP contribution in [0.1, 0.15) is 51.8 Å². The van der Waals surface area contributed by atoms with Gasteiger partial charge >= 0.3 is 0 Å². The highest BCUT2D eigenvalue weighted by atomic mass is 16.5. The highest BCUT2D eigenvalue weighted by molar-refractivity contribution is 5.38. The quantitative estimate of drug-likeness (QED) is 0.312. The summed E-state index contributed by atoms with van der Waals surface area (Å²) < 4.78 is 10.6. The summed E-state index contributed by atoms with van der Waals surface area (Å²) in [7, 11) is 3.49. The van der Waals surface area contributed by atoms with Gasteiger partial charge in [0.15, 0.2) is 0 Å². The van der Waals surface area contributed by atoms with E-state index in [1.54, 1.807) is 14.2 Å². The van der Waals surface area contributed by atoms with Crippen molar-refractivity contribution in [1.82, 2.24) is 0 Å². The Kier molecular flexibility index (Phi) is 9.88. The van der Waals surface area contributed by atoms with Crippen molar-refractivity contribution in [3.05, 3.63) is 106 Å². The predicted octanol–water partition coefficient (Wildman–Crippen LogP) is 6.13. The SMILES string of the molecule is COCCCc1cc(CCCOC)cc(C(O)(Cc2ccc(C)cc2)Cc2ccc(C)cc2)c1. The van der Waals surface area contributed by atoms with Crippen LogP contribution in [0.5, 0.6) is 0 Å². The molecule has 182 valence electrons. The van der Waals surface area contributed by atoms with E-state index in [2.05, 4.69) is 80.6 Å². The number of methoxy groups -OCH3 is 2. The van der Waals surface area contributed by atoms with Crippen molar-refractivity contribution in [1.29, 1.82) is 0 Å². The summed E-state index contributed by atoms with van der Waals surface area (Å²) in [6.45, 7) is 5.66. The zero-order chi connectivity index (χ0) is 24.4. The van der Waals surface area contributed by atoms with E-state index in [-0.39, 0.29) is 0 Å². The predicted molar refractivity (Wildman–Crippen MR) is 140 cm³/mol. The molecule has 3 heteroatoms. The highest BCUT2D eigenvalue weighted by Gasteiger charge is 2.31. The third-order valence-corrected chi connectivity index (χ3v) is 6.45. The summed E-state index contributed by atoms with van der Waals surface area (Å²) in [5.41, 5.74) is 7.25. The van der Waals surface area contributed by atoms with Crippen molar-refractivity contribution >= 4 is 0 Å². The zero-order valence-corrected chi connectivity index (χ0v) is 21.3. The minimum Gasteiger partial charge on any atom is -0.385 e. The fourth-order valence-corrected chi connectivity index (χ4v) is 4.52. The van der Waals surface area contributed by atoms with Crippen molar-refractivity contribution in [2.75, 3.05) is 27.4 Å². The summed E-state index contributed by atoms with van der Waals surface area (Å²) >= 11 is 0. The number of ether oxygens (including phenoxy) is 2. The van der Waals surface area contributed by atoms with Crippen LogP contribution in [0.3, 0.4) is 0 Å². The van der Waals surface area contributed by atoms with Crippen LogP contribution in [0, 0.1) is 13.8 Å². The smallest absolute Gasteiger partial charge is 0.0977 e. The summed E-state index contributed by atoms with van der Waals surface area (Å²) in [6.07, 6.45) is 4.94. The molecule has 3 nitrogen and oxygen atoms in total. The molecular formula is C31H40O3. The van der Waals surface area contributed by atoms with Gasteiger partial charge in [-0.25, -0.2) is 0 Å². The molecule has 0 aliphatic carbocycles. The molecule has 0 heterocycles. The van der Waals surface area contributed by atoms with Crippen LogP contribution < -0.4 is 0 Å². The molecule has 3 rings (SSSR count). The Hall–Kier alpha value is -2.46. The molecule has 0 saturated carbocycles. The Morgan fingerprint density at radius 1 is 0.618 bits per heavy atom. The first kappa shape index (κ1) is 26.2. The Labute approximate surface area is 205 Å². The molecule has 0 aromatic heterocycles. The standard InChI is InChI=1S/C31H40O3/c1-24-9-13-26(14-10-24)22-31(32,23-27-15-11-25(2)12-16-27)30-20-28(7-5-17-33-3)19-29(21-30)8-6-18-34-4/h9-16,19-21,32H,5-8,17-18,22-23H2,1-4H3. The van der Waals surface area contributed by atoms with Gasteiger partial charge in [0.1, 0.15) is 0 Å². The Balaban J connectivity index is 2.00. The normalized spacial score (nSPS) is 11.7. The van der Waals surface area contributed by atoms with Gasteiger partial charge in [-0.2, -0.15) is 0 Å². The molecule has 1 N–H and O–H groups in total. The lowest BCUT2D eigenvalue weighted by Gasteiger charge is -2.31. The maximum atomic E-state index is 12.3. The van der Waals surface area contributed by atoms with E-state index in [1.807, 2.05) is 0 Å². The lowest BCUT2D eigenvalue weighted by atomic mass is 9.80. The summed E-state index contributed by atoms with van der Waals surface area (Å²) in [5, 5.41) is 12.3. The Bertz CT molecular complexity index is 930. The number of aryl methyl sites for hydroxylation is 4. The monoisotopic (exact) mass is 460 g/mol. The van der Waals surface area contributed by atoms with Crippen LogP contribution in [0.25, 0.3) is 0 Å². The van der Waals surface area contributed by atoms with Crippen molar-refractivity contribution in [2.24, 2.45) is 0 Å². The fraction of sp³-hybridized carbons (Fsp3) is 0.419. The summed E-state index contributed by atoms with van der Waals surface area (Å²) in [6, 6.07) is 23.7. The Morgan fingerprint density at radius 3 is 1.41 bits per heavy atom. The van der Waals surface area contributed by atoms with Crippen LogP contribution in [-0.2, 0) is 40.8 Å². The van der Waals surface area contributed by atoms with E-state index in [9.17, 15) is 5.11 Å². The third-order valence-electron chi connectivity index (χ3n) is 6.45. The average Bonchev–Trinajstić information content (AvgIpc) is 2.82. The van der Waals surface area contributed by atoms with Crippen LogP contribution >= 0.6 is 0 Å². The molecule has 0 unspecified atom stereocenters. The topological polar surface area (TPSA) is 38.7 Å². The van der Waals surface area contributed by atoms with Crippen LogP contribution in [0.15, 0.2) is 66.7 Å². The maximum absolute atomic E-state index is 12.3. The van der Waals surface area contributed by atoms with Gasteiger partial charge in [-0.3, -0.25) is 0 Å². The molecule has 3 aromatic rings. The molecule has 0 aliphatic heterocycles. The molecule has 3 aromatic carbocycles. The van der Waals surface area contributed by atoms with Crippen molar-refractivity contribution in [3.8, 4) is 0 Å². The average molecular weight is 461 g/mol. The van der Waals surface area contributed by atoms with Gasteiger partial charge < -0.3 is 14.6 Å². The first-order chi connectivity index (χ1) is 16.4. The van der Waals surface area contributed by atoms with Crippen molar-refractivity contribution < 1.29 is 14.6 Å². The molecule has 0 saturated heterocycles. The van der Waals surface area contributed by atoms with Gasteiger partial charge in [0.2, 0.25) is 0 Å². The van der Waals surface area contributed by atoms with E-state index >= 15 is 0 Å². The molecule has 0 bridgehead atoms.